The molecule has 1 aromatic rings. The molecule has 0 heterocycles. The molecule has 4 rings (SSSR count). The lowest BCUT2D eigenvalue weighted by atomic mass is 9.39. The molecule has 3 N–H and O–H groups in total. The van der Waals surface area contributed by atoms with Crippen molar-refractivity contribution in [2.75, 3.05) is 13.2 Å². The third-order valence-corrected chi connectivity index (χ3v) is 5.12. The number of alkyl carbamates (subject to hydrolysis) is 1. The van der Waals surface area contributed by atoms with Crippen LogP contribution in [0.4, 0.5) is 4.79 Å². The molecule has 2 bridgehead atoms. The fourth-order valence-corrected chi connectivity index (χ4v) is 3.87. The Hall–Kier alpha value is -2.48. The maximum atomic E-state index is 12.4. The second kappa shape index (κ2) is 7.74. The van der Waals surface area contributed by atoms with E-state index in [2.05, 4.69) is 10.3 Å². The summed E-state index contributed by atoms with van der Waals surface area (Å²) in [6, 6.07) is 6.77. The Balaban J connectivity index is 1.37. The van der Waals surface area contributed by atoms with E-state index in [0.29, 0.717) is 30.0 Å². The lowest BCUT2D eigenvalue weighted by Gasteiger charge is -2.67. The number of aliphatic imine (C=N–C) groups is 1. The van der Waals surface area contributed by atoms with Gasteiger partial charge in [0.25, 0.3) is 6.02 Å². The lowest BCUT2D eigenvalue weighted by Crippen LogP contribution is -2.77. The van der Waals surface area contributed by atoms with Crippen LogP contribution < -0.4 is 15.8 Å². The van der Waals surface area contributed by atoms with Gasteiger partial charge in [0.1, 0.15) is 18.0 Å². The third kappa shape index (κ3) is 5.12. The standard InChI is InChI=1S/C20H26ClN3O5/c1-18(2,3)29-17(26)24-20-10-19(11-20,12-20)15(25)28-16(22)23-8-9-27-14-6-4-13(21)5-7-14/h4-7H,8-12H2,1-3H3,(H2,22,23)(H,24,26). The summed E-state index contributed by atoms with van der Waals surface area (Å²) in [5, 5.41) is 3.48. The van der Waals surface area contributed by atoms with Crippen molar-refractivity contribution in [2.45, 2.75) is 51.2 Å². The Morgan fingerprint density at radius 2 is 1.83 bits per heavy atom. The number of nitrogens with one attached hydrogen (secondary N) is 1. The van der Waals surface area contributed by atoms with Crippen LogP contribution in [0.15, 0.2) is 29.3 Å². The highest BCUT2D eigenvalue weighted by Crippen LogP contribution is 2.67. The number of benzene rings is 1. The van der Waals surface area contributed by atoms with Gasteiger partial charge in [0.15, 0.2) is 0 Å². The molecular formula is C20H26ClN3O5. The number of amides is 1. The Morgan fingerprint density at radius 3 is 2.41 bits per heavy atom. The molecule has 9 heteroatoms. The summed E-state index contributed by atoms with van der Waals surface area (Å²) in [4.78, 5) is 28.3. The maximum Gasteiger partial charge on any atom is 0.408 e. The zero-order valence-electron chi connectivity index (χ0n) is 16.8. The number of carbonyl (C=O) groups is 2. The van der Waals surface area contributed by atoms with E-state index < -0.39 is 23.1 Å². The fraction of sp³-hybridized carbons (Fsp3) is 0.550. The van der Waals surface area contributed by atoms with E-state index >= 15 is 0 Å². The van der Waals surface area contributed by atoms with Gasteiger partial charge in [-0.15, -0.1) is 0 Å². The molecule has 3 aliphatic carbocycles. The quantitative estimate of drug-likeness (QED) is 0.315. The minimum atomic E-state index is -0.588. The predicted molar refractivity (Wildman–Crippen MR) is 108 cm³/mol. The van der Waals surface area contributed by atoms with Gasteiger partial charge in [0, 0.05) is 10.6 Å². The van der Waals surface area contributed by atoms with E-state index in [1.807, 2.05) is 0 Å². The van der Waals surface area contributed by atoms with Gasteiger partial charge in [-0.1, -0.05) is 11.6 Å². The van der Waals surface area contributed by atoms with Crippen LogP contribution in [-0.2, 0) is 14.3 Å². The topological polar surface area (TPSA) is 112 Å². The van der Waals surface area contributed by atoms with Crippen molar-refractivity contribution in [3.63, 3.8) is 0 Å². The number of nitrogens with zero attached hydrogens (tertiary/aromatic N) is 1. The number of esters is 1. The molecule has 0 unspecified atom stereocenters. The molecule has 3 fully saturated rings. The molecule has 158 valence electrons. The van der Waals surface area contributed by atoms with Crippen molar-refractivity contribution in [3.8, 4) is 5.75 Å². The number of hydrogen-bond donors (Lipinski definition) is 2. The minimum Gasteiger partial charge on any atom is -0.492 e. The highest BCUT2D eigenvalue weighted by atomic mass is 35.5. The Kier molecular flexibility index (Phi) is 5.67. The van der Waals surface area contributed by atoms with Crippen LogP contribution in [0.3, 0.4) is 0 Å². The second-order valence-corrected chi connectivity index (χ2v) is 9.07. The molecule has 0 aromatic heterocycles. The van der Waals surface area contributed by atoms with Gasteiger partial charge in [0.2, 0.25) is 0 Å². The van der Waals surface area contributed by atoms with Crippen molar-refractivity contribution in [1.29, 1.82) is 0 Å². The summed E-state index contributed by atoms with van der Waals surface area (Å²) < 4.78 is 15.9. The van der Waals surface area contributed by atoms with Crippen LogP contribution in [0.2, 0.25) is 5.02 Å². The van der Waals surface area contributed by atoms with Crippen molar-refractivity contribution >= 4 is 29.7 Å². The van der Waals surface area contributed by atoms with E-state index in [4.69, 9.17) is 31.5 Å². The number of ether oxygens (including phenoxy) is 3. The fourth-order valence-electron chi connectivity index (χ4n) is 3.74. The van der Waals surface area contributed by atoms with Crippen LogP contribution in [0, 0.1) is 5.41 Å². The van der Waals surface area contributed by atoms with Gasteiger partial charge >= 0.3 is 12.1 Å². The molecule has 0 aliphatic heterocycles. The summed E-state index contributed by atoms with van der Waals surface area (Å²) in [6.45, 7) is 5.94. The van der Waals surface area contributed by atoms with Crippen molar-refractivity contribution in [2.24, 2.45) is 16.1 Å². The number of halogens is 1. The first-order valence-electron chi connectivity index (χ1n) is 9.43. The third-order valence-electron chi connectivity index (χ3n) is 4.87. The van der Waals surface area contributed by atoms with Crippen molar-refractivity contribution in [3.05, 3.63) is 29.3 Å². The highest BCUT2D eigenvalue weighted by Gasteiger charge is 2.73. The average Bonchev–Trinajstić information content (AvgIpc) is 2.53. The van der Waals surface area contributed by atoms with Crippen molar-refractivity contribution < 1.29 is 23.8 Å². The van der Waals surface area contributed by atoms with E-state index in [9.17, 15) is 9.59 Å². The first kappa shape index (κ1) is 21.2. The summed E-state index contributed by atoms with van der Waals surface area (Å²) in [6.07, 6.45) is 1.09. The molecule has 0 spiro atoms. The van der Waals surface area contributed by atoms with Gasteiger partial charge in [-0.05, 0) is 64.3 Å². The van der Waals surface area contributed by atoms with Crippen LogP contribution in [0.5, 0.6) is 5.75 Å². The first-order chi connectivity index (χ1) is 13.5. The predicted octanol–water partition coefficient (Wildman–Crippen LogP) is 3.02. The van der Waals surface area contributed by atoms with Crippen LogP contribution in [0.25, 0.3) is 0 Å². The zero-order chi connectivity index (χ0) is 21.3. The monoisotopic (exact) mass is 423 g/mol. The summed E-state index contributed by atoms with van der Waals surface area (Å²) in [7, 11) is 0. The molecule has 3 saturated carbocycles. The van der Waals surface area contributed by atoms with Gasteiger partial charge in [-0.3, -0.25) is 4.79 Å². The highest BCUT2D eigenvalue weighted by molar-refractivity contribution is 6.30. The van der Waals surface area contributed by atoms with E-state index in [-0.39, 0.29) is 24.7 Å². The Bertz CT molecular complexity index is 797. The smallest absolute Gasteiger partial charge is 0.408 e. The zero-order valence-corrected chi connectivity index (χ0v) is 17.5. The average molecular weight is 424 g/mol. The molecule has 0 radical (unpaired) electrons. The minimum absolute atomic E-state index is 0.186. The number of rotatable bonds is 6. The maximum absolute atomic E-state index is 12.4. The molecule has 3 aliphatic rings. The number of nitrogens with two attached hydrogens (primary N) is 1. The molecule has 0 saturated heterocycles. The largest absolute Gasteiger partial charge is 0.492 e. The summed E-state index contributed by atoms with van der Waals surface area (Å²) in [5.41, 5.74) is 4.17. The molecule has 1 amide bonds. The van der Waals surface area contributed by atoms with Crippen LogP contribution >= 0.6 is 11.6 Å². The molecule has 29 heavy (non-hydrogen) atoms. The Labute approximate surface area is 174 Å². The number of amidine groups is 1. The lowest BCUT2D eigenvalue weighted by molar-refractivity contribution is -0.195. The Morgan fingerprint density at radius 1 is 1.21 bits per heavy atom. The normalized spacial score (nSPS) is 25.3. The summed E-state index contributed by atoms with van der Waals surface area (Å²) in [5.74, 6) is 0.252. The van der Waals surface area contributed by atoms with E-state index in [1.54, 1.807) is 45.0 Å². The second-order valence-electron chi connectivity index (χ2n) is 8.63. The van der Waals surface area contributed by atoms with Crippen LogP contribution in [-0.4, -0.2) is 42.4 Å². The number of carbonyl (C=O) groups excluding carboxylic acids is 2. The SMILES string of the molecule is CC(C)(C)OC(=O)NC12CC(C(=O)OC(N)=NCCOc3ccc(Cl)cc3)(C1)C2. The summed E-state index contributed by atoms with van der Waals surface area (Å²) >= 11 is 5.81. The van der Waals surface area contributed by atoms with Gasteiger partial charge in [-0.2, -0.15) is 0 Å². The van der Waals surface area contributed by atoms with Crippen LogP contribution in [0.1, 0.15) is 40.0 Å². The van der Waals surface area contributed by atoms with Gasteiger partial charge in [-0.25, -0.2) is 9.79 Å². The molecular weight excluding hydrogens is 398 g/mol. The van der Waals surface area contributed by atoms with Gasteiger partial charge in [0.05, 0.1) is 12.0 Å². The van der Waals surface area contributed by atoms with E-state index in [0.717, 1.165) is 0 Å². The van der Waals surface area contributed by atoms with Gasteiger partial charge < -0.3 is 25.3 Å². The van der Waals surface area contributed by atoms with E-state index in [1.165, 1.54) is 0 Å². The molecule has 8 nitrogen and oxygen atoms in total. The first-order valence-corrected chi connectivity index (χ1v) is 9.81. The molecule has 1 aromatic carbocycles. The number of hydrogen-bond acceptors (Lipinski definition) is 6. The van der Waals surface area contributed by atoms with Crippen molar-refractivity contribution in [1.82, 2.24) is 5.32 Å². The molecule has 0 atom stereocenters.